The molecule has 9 nitrogen and oxygen atoms in total. The number of carbonyl (C=O) groups is 2. The summed E-state index contributed by atoms with van der Waals surface area (Å²) in [7, 11) is 0. The third kappa shape index (κ3) is 3.66. The van der Waals surface area contributed by atoms with E-state index in [1.807, 2.05) is 0 Å². The van der Waals surface area contributed by atoms with Crippen LogP contribution in [-0.2, 0) is 16.1 Å². The molecule has 1 aliphatic heterocycles. The second-order valence-corrected chi connectivity index (χ2v) is 5.73. The first-order valence-corrected chi connectivity index (χ1v) is 7.51. The minimum absolute atomic E-state index is 0.0256. The summed E-state index contributed by atoms with van der Waals surface area (Å²) in [5, 5.41) is 24.0. The molecule has 0 bridgehead atoms. The molecule has 0 aliphatic carbocycles. The third-order valence-electron chi connectivity index (χ3n) is 4.17. The van der Waals surface area contributed by atoms with Crippen LogP contribution in [0.5, 0.6) is 0 Å². The molecule has 0 saturated carbocycles. The molecule has 1 aromatic heterocycles. The molecule has 126 valence electrons. The Kier molecular flexibility index (Phi) is 4.97. The van der Waals surface area contributed by atoms with E-state index in [1.54, 1.807) is 18.7 Å². The van der Waals surface area contributed by atoms with Crippen LogP contribution in [0, 0.1) is 24.0 Å². The molecule has 0 aromatic carbocycles. The topological polar surface area (TPSA) is 119 Å². The number of nitrogens with zero attached hydrogens (tertiary/aromatic N) is 4. The number of carboxylic acids is 1. The monoisotopic (exact) mass is 324 g/mol. The zero-order chi connectivity index (χ0) is 17.1. The first-order valence-electron chi connectivity index (χ1n) is 7.51. The Morgan fingerprint density at radius 1 is 1.43 bits per heavy atom. The zero-order valence-corrected chi connectivity index (χ0v) is 13.2. The lowest BCUT2D eigenvalue weighted by atomic mass is 10.1. The number of carbonyl (C=O) groups excluding carboxylic acids is 1. The van der Waals surface area contributed by atoms with Gasteiger partial charge in [0.1, 0.15) is 11.4 Å². The van der Waals surface area contributed by atoms with Crippen molar-refractivity contribution in [1.29, 1.82) is 0 Å². The molecule has 1 aromatic rings. The molecule has 1 atom stereocenters. The van der Waals surface area contributed by atoms with Crippen LogP contribution >= 0.6 is 0 Å². The van der Waals surface area contributed by atoms with Crippen molar-refractivity contribution in [3.63, 3.8) is 0 Å². The number of carboxylic acid groups (broad SMARTS) is 1. The van der Waals surface area contributed by atoms with E-state index in [1.165, 1.54) is 4.68 Å². The standard InChI is InChI=1S/C14H20N4O5/c1-9-14(18(22)23)10(2)17(15-9)7-5-12(19)16-6-3-4-11(16)8-13(20)21/h11H,3-8H2,1-2H3,(H,20,21). The van der Waals surface area contributed by atoms with Crippen molar-refractivity contribution in [2.75, 3.05) is 6.54 Å². The van der Waals surface area contributed by atoms with Crippen LogP contribution in [-0.4, -0.2) is 49.2 Å². The van der Waals surface area contributed by atoms with Gasteiger partial charge in [-0.3, -0.25) is 24.4 Å². The van der Waals surface area contributed by atoms with Gasteiger partial charge in [-0.1, -0.05) is 0 Å². The summed E-state index contributed by atoms with van der Waals surface area (Å²) >= 11 is 0. The number of hydrogen-bond acceptors (Lipinski definition) is 5. The Labute approximate surface area is 133 Å². The van der Waals surface area contributed by atoms with Crippen LogP contribution in [0.4, 0.5) is 5.69 Å². The van der Waals surface area contributed by atoms with Gasteiger partial charge in [-0.05, 0) is 26.7 Å². The number of aryl methyl sites for hydroxylation is 2. The molecular weight excluding hydrogens is 304 g/mol. The molecule has 1 unspecified atom stereocenters. The van der Waals surface area contributed by atoms with Gasteiger partial charge in [0.25, 0.3) is 0 Å². The number of aromatic nitrogens is 2. The normalized spacial score (nSPS) is 17.5. The lowest BCUT2D eigenvalue weighted by molar-refractivity contribution is -0.386. The maximum Gasteiger partial charge on any atom is 0.312 e. The highest BCUT2D eigenvalue weighted by atomic mass is 16.6. The van der Waals surface area contributed by atoms with Gasteiger partial charge < -0.3 is 10.0 Å². The highest BCUT2D eigenvalue weighted by molar-refractivity contribution is 5.78. The van der Waals surface area contributed by atoms with Gasteiger partial charge in [-0.2, -0.15) is 5.10 Å². The summed E-state index contributed by atoms with van der Waals surface area (Å²) in [6.45, 7) is 3.97. The van der Waals surface area contributed by atoms with Gasteiger partial charge in [-0.15, -0.1) is 0 Å². The van der Waals surface area contributed by atoms with Crippen molar-refractivity contribution >= 4 is 17.6 Å². The maximum atomic E-state index is 12.3. The van der Waals surface area contributed by atoms with Crippen LogP contribution < -0.4 is 0 Å². The van der Waals surface area contributed by atoms with E-state index in [0.717, 1.165) is 6.42 Å². The van der Waals surface area contributed by atoms with E-state index in [4.69, 9.17) is 5.11 Å². The molecule has 1 amide bonds. The van der Waals surface area contributed by atoms with Crippen molar-refractivity contribution in [1.82, 2.24) is 14.7 Å². The highest BCUT2D eigenvalue weighted by Crippen LogP contribution is 2.23. The lowest BCUT2D eigenvalue weighted by Gasteiger charge is -2.23. The Bertz CT molecular complexity index is 639. The number of rotatable bonds is 6. The number of amides is 1. The zero-order valence-electron chi connectivity index (χ0n) is 13.2. The number of hydrogen-bond donors (Lipinski definition) is 1. The quantitative estimate of drug-likeness (QED) is 0.621. The summed E-state index contributed by atoms with van der Waals surface area (Å²) < 4.78 is 1.47. The maximum absolute atomic E-state index is 12.3. The van der Waals surface area contributed by atoms with E-state index in [-0.39, 0.29) is 37.0 Å². The van der Waals surface area contributed by atoms with Crippen LogP contribution in [0.1, 0.15) is 37.1 Å². The molecule has 2 rings (SSSR count). The number of likely N-dealkylation sites (tertiary alicyclic amines) is 1. The first kappa shape index (κ1) is 16.9. The van der Waals surface area contributed by atoms with Gasteiger partial charge in [-0.25, -0.2) is 0 Å². The van der Waals surface area contributed by atoms with Crippen molar-refractivity contribution in [2.24, 2.45) is 0 Å². The third-order valence-corrected chi connectivity index (χ3v) is 4.17. The molecule has 0 radical (unpaired) electrons. The molecule has 1 saturated heterocycles. The average molecular weight is 324 g/mol. The summed E-state index contributed by atoms with van der Waals surface area (Å²) in [6.07, 6.45) is 1.60. The second kappa shape index (κ2) is 6.76. The first-order chi connectivity index (χ1) is 10.8. The second-order valence-electron chi connectivity index (χ2n) is 5.73. The summed E-state index contributed by atoms with van der Waals surface area (Å²) in [6, 6.07) is -0.255. The Hall–Kier alpha value is -2.45. The molecule has 9 heteroatoms. The van der Waals surface area contributed by atoms with Gasteiger partial charge in [0.2, 0.25) is 5.91 Å². The van der Waals surface area contributed by atoms with E-state index >= 15 is 0 Å². The lowest BCUT2D eigenvalue weighted by Crippen LogP contribution is -2.37. The highest BCUT2D eigenvalue weighted by Gasteiger charge is 2.30. The predicted molar refractivity (Wildman–Crippen MR) is 80.0 cm³/mol. The Balaban J connectivity index is 2.01. The van der Waals surface area contributed by atoms with E-state index in [0.29, 0.717) is 24.4 Å². The number of aliphatic carboxylic acids is 1. The fraction of sp³-hybridized carbons (Fsp3) is 0.643. The summed E-state index contributed by atoms with van der Waals surface area (Å²) in [4.78, 5) is 35.2. The van der Waals surface area contributed by atoms with Gasteiger partial charge in [0.15, 0.2) is 0 Å². The predicted octanol–water partition coefficient (Wildman–Crippen LogP) is 1.26. The minimum Gasteiger partial charge on any atom is -0.481 e. The Morgan fingerprint density at radius 2 is 2.13 bits per heavy atom. The molecule has 1 aliphatic rings. The van der Waals surface area contributed by atoms with Crippen molar-refractivity contribution in [2.45, 2.75) is 52.1 Å². The minimum atomic E-state index is -0.913. The summed E-state index contributed by atoms with van der Waals surface area (Å²) in [5.74, 6) is -1.05. The largest absolute Gasteiger partial charge is 0.481 e. The smallest absolute Gasteiger partial charge is 0.312 e. The van der Waals surface area contributed by atoms with Crippen molar-refractivity contribution < 1.29 is 19.6 Å². The summed E-state index contributed by atoms with van der Waals surface area (Å²) in [5.41, 5.74) is 0.719. The van der Waals surface area contributed by atoms with E-state index in [9.17, 15) is 19.7 Å². The van der Waals surface area contributed by atoms with Gasteiger partial charge >= 0.3 is 11.7 Å². The van der Waals surface area contributed by atoms with E-state index < -0.39 is 10.9 Å². The molecule has 0 spiro atoms. The van der Waals surface area contributed by atoms with Crippen LogP contribution in [0.25, 0.3) is 0 Å². The van der Waals surface area contributed by atoms with Crippen molar-refractivity contribution in [3.05, 3.63) is 21.5 Å². The molecule has 1 N–H and O–H groups in total. The fourth-order valence-corrected chi connectivity index (χ4v) is 3.09. The van der Waals surface area contributed by atoms with Crippen LogP contribution in [0.15, 0.2) is 0 Å². The fourth-order valence-electron chi connectivity index (χ4n) is 3.09. The van der Waals surface area contributed by atoms with Gasteiger partial charge in [0, 0.05) is 19.0 Å². The Morgan fingerprint density at radius 3 is 2.70 bits per heavy atom. The number of nitro groups is 1. The molecule has 2 heterocycles. The van der Waals surface area contributed by atoms with Gasteiger partial charge in [0.05, 0.1) is 17.9 Å². The molecule has 23 heavy (non-hydrogen) atoms. The SMILES string of the molecule is Cc1nn(CCC(=O)N2CCCC2CC(=O)O)c(C)c1[N+](=O)[O-]. The van der Waals surface area contributed by atoms with E-state index in [2.05, 4.69) is 5.10 Å². The van der Waals surface area contributed by atoms with Crippen LogP contribution in [0.3, 0.4) is 0 Å². The molecular formula is C14H20N4O5. The average Bonchev–Trinajstić information content (AvgIpc) is 3.00. The van der Waals surface area contributed by atoms with Crippen molar-refractivity contribution in [3.8, 4) is 0 Å². The molecule has 1 fully saturated rings. The van der Waals surface area contributed by atoms with Crippen LogP contribution in [0.2, 0.25) is 0 Å².